The second kappa shape index (κ2) is 5.77. The molecule has 2 heterocycles. The molecule has 1 amide bonds. The van der Waals surface area contributed by atoms with Gasteiger partial charge < -0.3 is 19.8 Å². The van der Waals surface area contributed by atoms with E-state index in [0.717, 1.165) is 16.7 Å². The second-order valence-corrected chi connectivity index (χ2v) is 4.68. The van der Waals surface area contributed by atoms with Gasteiger partial charge in [-0.2, -0.15) is 0 Å². The standard InChI is InChI=1S/C16H15N3O3/c1-21-12-4-5-13-10(7-12)8-14(19-13)16(20)18-11-3-6-15(22-2)17-9-11/h3-9,19H,1-2H3,(H,18,20). The number of fused-ring (bicyclic) bond motifs is 1. The Hall–Kier alpha value is -3.02. The molecule has 0 fully saturated rings. The zero-order chi connectivity index (χ0) is 15.5. The SMILES string of the molecule is COc1ccc2[nH]c(C(=O)Nc3ccc(OC)nc3)cc2c1. The number of ether oxygens (including phenoxy) is 2. The van der Waals surface area contributed by atoms with Gasteiger partial charge in [0.25, 0.3) is 5.91 Å². The average Bonchev–Trinajstić information content (AvgIpc) is 2.98. The van der Waals surface area contributed by atoms with Gasteiger partial charge in [0, 0.05) is 17.0 Å². The van der Waals surface area contributed by atoms with Crippen molar-refractivity contribution in [1.29, 1.82) is 0 Å². The molecule has 0 atom stereocenters. The molecule has 0 radical (unpaired) electrons. The predicted molar refractivity (Wildman–Crippen MR) is 83.6 cm³/mol. The average molecular weight is 297 g/mol. The number of aromatic amines is 1. The van der Waals surface area contributed by atoms with Crippen LogP contribution in [0.5, 0.6) is 11.6 Å². The lowest BCUT2D eigenvalue weighted by atomic mass is 10.2. The van der Waals surface area contributed by atoms with Crippen molar-refractivity contribution in [3.8, 4) is 11.6 Å². The van der Waals surface area contributed by atoms with E-state index in [9.17, 15) is 4.79 Å². The van der Waals surface area contributed by atoms with Gasteiger partial charge in [-0.25, -0.2) is 4.98 Å². The van der Waals surface area contributed by atoms with Crippen LogP contribution in [0.1, 0.15) is 10.5 Å². The number of nitrogens with zero attached hydrogens (tertiary/aromatic N) is 1. The first-order valence-corrected chi connectivity index (χ1v) is 6.68. The smallest absolute Gasteiger partial charge is 0.272 e. The van der Waals surface area contributed by atoms with Crippen LogP contribution in [0, 0.1) is 0 Å². The Kier molecular flexibility index (Phi) is 3.65. The fourth-order valence-electron chi connectivity index (χ4n) is 2.13. The van der Waals surface area contributed by atoms with Gasteiger partial charge in [0.15, 0.2) is 0 Å². The number of hydrogen-bond acceptors (Lipinski definition) is 4. The van der Waals surface area contributed by atoms with Gasteiger partial charge in [0.1, 0.15) is 11.4 Å². The van der Waals surface area contributed by atoms with Crippen LogP contribution < -0.4 is 14.8 Å². The van der Waals surface area contributed by atoms with E-state index in [1.54, 1.807) is 38.6 Å². The van der Waals surface area contributed by atoms with Gasteiger partial charge >= 0.3 is 0 Å². The Labute approximate surface area is 127 Å². The number of carbonyl (C=O) groups excluding carboxylic acids is 1. The summed E-state index contributed by atoms with van der Waals surface area (Å²) < 4.78 is 10.2. The van der Waals surface area contributed by atoms with Crippen molar-refractivity contribution in [2.75, 3.05) is 19.5 Å². The molecule has 3 rings (SSSR count). The number of H-pyrrole nitrogens is 1. The molecule has 2 N–H and O–H groups in total. The highest BCUT2D eigenvalue weighted by atomic mass is 16.5. The van der Waals surface area contributed by atoms with Gasteiger partial charge in [-0.15, -0.1) is 0 Å². The number of amides is 1. The quantitative estimate of drug-likeness (QED) is 0.776. The minimum atomic E-state index is -0.234. The van der Waals surface area contributed by atoms with Crippen LogP contribution in [0.15, 0.2) is 42.6 Å². The first kappa shape index (κ1) is 13.9. The van der Waals surface area contributed by atoms with E-state index in [0.29, 0.717) is 17.3 Å². The number of nitrogens with one attached hydrogen (secondary N) is 2. The Morgan fingerprint density at radius 3 is 2.68 bits per heavy atom. The van der Waals surface area contributed by atoms with Crippen LogP contribution in [0.3, 0.4) is 0 Å². The third-order valence-electron chi connectivity index (χ3n) is 3.28. The van der Waals surface area contributed by atoms with Crippen molar-refractivity contribution >= 4 is 22.5 Å². The lowest BCUT2D eigenvalue weighted by Crippen LogP contribution is -2.12. The van der Waals surface area contributed by atoms with Crippen molar-refractivity contribution in [2.45, 2.75) is 0 Å². The number of methoxy groups -OCH3 is 2. The van der Waals surface area contributed by atoms with E-state index < -0.39 is 0 Å². The molecule has 1 aromatic carbocycles. The van der Waals surface area contributed by atoms with E-state index in [2.05, 4.69) is 15.3 Å². The molecule has 0 unspecified atom stereocenters. The molecule has 22 heavy (non-hydrogen) atoms. The summed E-state index contributed by atoms with van der Waals surface area (Å²) in [4.78, 5) is 19.4. The van der Waals surface area contributed by atoms with Crippen LogP contribution >= 0.6 is 0 Å². The normalized spacial score (nSPS) is 10.5. The molecule has 0 bridgehead atoms. The molecule has 2 aromatic heterocycles. The minimum absolute atomic E-state index is 0.234. The highest BCUT2D eigenvalue weighted by Crippen LogP contribution is 2.22. The first-order chi connectivity index (χ1) is 10.7. The van der Waals surface area contributed by atoms with Gasteiger partial charge in [-0.1, -0.05) is 0 Å². The summed E-state index contributed by atoms with van der Waals surface area (Å²) in [6.45, 7) is 0. The molecule has 6 heteroatoms. The van der Waals surface area contributed by atoms with E-state index in [4.69, 9.17) is 9.47 Å². The second-order valence-electron chi connectivity index (χ2n) is 4.68. The molecule has 0 aliphatic heterocycles. The topological polar surface area (TPSA) is 76.2 Å². The number of benzene rings is 1. The zero-order valence-electron chi connectivity index (χ0n) is 12.2. The van der Waals surface area contributed by atoms with Crippen LogP contribution in [0.2, 0.25) is 0 Å². The number of rotatable bonds is 4. The molecule has 0 aliphatic carbocycles. The fourth-order valence-corrected chi connectivity index (χ4v) is 2.13. The third kappa shape index (κ3) is 2.71. The molecule has 0 spiro atoms. The van der Waals surface area contributed by atoms with Crippen LogP contribution in [0.4, 0.5) is 5.69 Å². The zero-order valence-corrected chi connectivity index (χ0v) is 12.2. The molecular formula is C16H15N3O3. The summed E-state index contributed by atoms with van der Waals surface area (Å²) >= 11 is 0. The van der Waals surface area contributed by atoms with Gasteiger partial charge in [-0.05, 0) is 30.3 Å². The number of aromatic nitrogens is 2. The van der Waals surface area contributed by atoms with E-state index in [-0.39, 0.29) is 5.91 Å². The lowest BCUT2D eigenvalue weighted by molar-refractivity contribution is 0.102. The maximum Gasteiger partial charge on any atom is 0.272 e. The highest BCUT2D eigenvalue weighted by Gasteiger charge is 2.10. The van der Waals surface area contributed by atoms with Crippen LogP contribution in [-0.4, -0.2) is 30.1 Å². The van der Waals surface area contributed by atoms with Crippen molar-refractivity contribution in [3.63, 3.8) is 0 Å². The number of hydrogen-bond donors (Lipinski definition) is 2. The van der Waals surface area contributed by atoms with E-state index >= 15 is 0 Å². The monoisotopic (exact) mass is 297 g/mol. The molecule has 112 valence electrons. The van der Waals surface area contributed by atoms with E-state index in [1.807, 2.05) is 18.2 Å². The van der Waals surface area contributed by atoms with Crippen LogP contribution in [-0.2, 0) is 0 Å². The van der Waals surface area contributed by atoms with Crippen LogP contribution in [0.25, 0.3) is 10.9 Å². The Morgan fingerprint density at radius 2 is 2.00 bits per heavy atom. The third-order valence-corrected chi connectivity index (χ3v) is 3.28. The summed E-state index contributed by atoms with van der Waals surface area (Å²) in [5, 5.41) is 3.69. The molecular weight excluding hydrogens is 282 g/mol. The number of pyridine rings is 1. The summed E-state index contributed by atoms with van der Waals surface area (Å²) in [6.07, 6.45) is 1.54. The summed E-state index contributed by atoms with van der Waals surface area (Å²) in [5.74, 6) is 1.01. The van der Waals surface area contributed by atoms with Crippen molar-refractivity contribution in [3.05, 3.63) is 48.3 Å². The van der Waals surface area contributed by atoms with Crippen molar-refractivity contribution < 1.29 is 14.3 Å². The van der Waals surface area contributed by atoms with Crippen molar-refractivity contribution in [1.82, 2.24) is 9.97 Å². The molecule has 6 nitrogen and oxygen atoms in total. The van der Waals surface area contributed by atoms with Gasteiger partial charge in [0.2, 0.25) is 5.88 Å². The predicted octanol–water partition coefficient (Wildman–Crippen LogP) is 2.83. The molecule has 0 saturated heterocycles. The van der Waals surface area contributed by atoms with Gasteiger partial charge in [0.05, 0.1) is 26.1 Å². The highest BCUT2D eigenvalue weighted by molar-refractivity contribution is 6.05. The molecule has 3 aromatic rings. The number of anilines is 1. The molecule has 0 saturated carbocycles. The maximum absolute atomic E-state index is 12.3. The Morgan fingerprint density at radius 1 is 1.14 bits per heavy atom. The first-order valence-electron chi connectivity index (χ1n) is 6.68. The fraction of sp³-hybridized carbons (Fsp3) is 0.125. The van der Waals surface area contributed by atoms with E-state index in [1.165, 1.54) is 0 Å². The van der Waals surface area contributed by atoms with Gasteiger partial charge in [-0.3, -0.25) is 4.79 Å². The summed E-state index contributed by atoms with van der Waals surface area (Å²) in [6, 6.07) is 10.8. The minimum Gasteiger partial charge on any atom is -0.497 e. The summed E-state index contributed by atoms with van der Waals surface area (Å²) in [7, 11) is 3.15. The Balaban J connectivity index is 1.81. The largest absolute Gasteiger partial charge is 0.497 e. The molecule has 0 aliphatic rings. The maximum atomic E-state index is 12.3. The Bertz CT molecular complexity index is 809. The summed E-state index contributed by atoms with van der Waals surface area (Å²) in [5.41, 5.74) is 1.94. The number of carbonyl (C=O) groups is 1. The van der Waals surface area contributed by atoms with Crippen molar-refractivity contribution in [2.24, 2.45) is 0 Å². The lowest BCUT2D eigenvalue weighted by Gasteiger charge is -2.04.